The number of alkyl halides is 6. The average molecular weight is 1360 g/mol. The molecule has 2 aromatic carbocycles. The van der Waals surface area contributed by atoms with E-state index in [9.17, 15) is 26.3 Å². The molecule has 16 heteroatoms. The van der Waals surface area contributed by atoms with Gasteiger partial charge in [-0.2, -0.15) is 26.3 Å². The van der Waals surface area contributed by atoms with Gasteiger partial charge in [0.25, 0.3) is 0 Å². The average Bonchev–Trinajstić information content (AvgIpc) is 2.77. The molecular weight excluding hydrogens is 1260 g/mol. The molecule has 0 bridgehead atoms. The van der Waals surface area contributed by atoms with E-state index in [4.69, 9.17) is 0 Å². The van der Waals surface area contributed by atoms with Crippen molar-refractivity contribution in [2.24, 2.45) is 27.1 Å². The lowest BCUT2D eigenvalue weighted by Gasteiger charge is -2.26. The van der Waals surface area contributed by atoms with E-state index >= 15 is 0 Å². The van der Waals surface area contributed by atoms with Gasteiger partial charge in [0, 0.05) is 72.1 Å². The van der Waals surface area contributed by atoms with E-state index in [2.05, 4.69) is 205 Å². The molecule has 0 amide bonds. The zero-order chi connectivity index (χ0) is 67.5. The van der Waals surface area contributed by atoms with Gasteiger partial charge in [-0.15, -0.1) is 79.4 Å². The summed E-state index contributed by atoms with van der Waals surface area (Å²) in [5.74, 6) is 0. The van der Waals surface area contributed by atoms with E-state index < -0.39 is 23.2 Å². The number of aryl methyl sites for hydroxylation is 10. The highest BCUT2D eigenvalue weighted by Gasteiger charge is 2.48. The monoisotopic (exact) mass is 1360 g/mol. The van der Waals surface area contributed by atoms with Crippen LogP contribution in [0.2, 0.25) is 0 Å². The lowest BCUT2D eigenvalue weighted by atomic mass is 9.88. The third kappa shape index (κ3) is 31.3. The van der Waals surface area contributed by atoms with E-state index in [-0.39, 0.29) is 12.8 Å². The van der Waals surface area contributed by atoms with Crippen molar-refractivity contribution < 1.29 is 26.3 Å². The molecule has 0 saturated carbocycles. The maximum absolute atomic E-state index is 12.5. The minimum atomic E-state index is -4.16. The van der Waals surface area contributed by atoms with Gasteiger partial charge in [0.2, 0.25) is 0 Å². The third-order valence-corrected chi connectivity index (χ3v) is 20.1. The molecule has 10 rings (SSSR count). The van der Waals surface area contributed by atoms with Crippen molar-refractivity contribution in [3.63, 3.8) is 0 Å². The van der Waals surface area contributed by atoms with Crippen molar-refractivity contribution in [1.29, 1.82) is 0 Å². The molecule has 0 radical (unpaired) electrons. The number of fused-ring (bicyclic) bond motifs is 2. The van der Waals surface area contributed by atoms with Gasteiger partial charge in [-0.3, -0.25) is 0 Å². The largest absolute Gasteiger partial charge is 0.394 e. The molecule has 89 heavy (non-hydrogen) atoms. The number of rotatable bonds is 7. The number of hydrogen-bond acceptors (Lipinski definition) is 10. The quantitative estimate of drug-likeness (QED) is 0.149. The zero-order valence-electron chi connectivity index (χ0n) is 57.1. The Labute approximate surface area is 559 Å². The molecule has 1 aliphatic rings. The van der Waals surface area contributed by atoms with Crippen molar-refractivity contribution in [2.45, 2.75) is 210 Å². The van der Waals surface area contributed by atoms with Crippen LogP contribution in [-0.2, 0) is 38.5 Å². The third-order valence-electron chi connectivity index (χ3n) is 13.3. The highest BCUT2D eigenvalue weighted by molar-refractivity contribution is 7.19. The van der Waals surface area contributed by atoms with Gasteiger partial charge in [0.05, 0.1) is 25.9 Å². The summed E-state index contributed by atoms with van der Waals surface area (Å²) in [6, 6.07) is 27.7. The molecule has 0 aliphatic heterocycles. The van der Waals surface area contributed by atoms with Crippen LogP contribution in [0.3, 0.4) is 0 Å². The molecule has 0 atom stereocenters. The first kappa shape index (κ1) is 78.9. The molecule has 0 unspecified atom stereocenters. The summed E-state index contributed by atoms with van der Waals surface area (Å²) in [6.45, 7) is 46.0. The summed E-state index contributed by atoms with van der Waals surface area (Å²) in [5.41, 5.74) is 3.59. The zero-order valence-corrected chi connectivity index (χ0v) is 62.8. The standard InChI is InChI=1S/C11H18S.C10H13F3S.C10H16S.C10H10.C9H12F3NS.C9H15NS.C9H8S.C5H7NS/c1-8-6-10(12-9(8)2)7-11(3,4)5;1-7-4-5-8(14-7)6-9(2,3)10(11,12)13;1-8-5-6-9(11-8)7-10(2,3)4;1-8-5-6-9-3-2-4-10(9)7-8;1-6-13-5-7(14-6)4-8(2,3)9(10,11)12;1-7-10-6-8(11-7)5-9(2,3)4;1-7-6-8-4-2-3-5-9(8)10-7;1-4-3-6-5(2)7-4/h6H,7H2,1-5H3;4-5H,6H2,1-3H3;5-6H,7H2,1-4H3;2,4-7H,3H2,1H3;5H,4H2,1-3H3;6H,5H2,1-4H3;2-6H,1H3;3H,1-2H3. The van der Waals surface area contributed by atoms with Crippen LogP contribution in [-0.4, -0.2) is 27.3 Å². The van der Waals surface area contributed by atoms with E-state index in [1.165, 1.54) is 141 Å². The summed E-state index contributed by atoms with van der Waals surface area (Å²) in [6.07, 6.45) is 6.24. The Balaban J connectivity index is 0.000000267. The molecule has 7 heterocycles. The van der Waals surface area contributed by atoms with Gasteiger partial charge >= 0.3 is 12.4 Å². The van der Waals surface area contributed by atoms with Crippen LogP contribution in [0.1, 0.15) is 176 Å². The SMILES string of the molecule is Cc1cc(CC(C)(C)C)sc1C.Cc1cc2ccccc2s1.Cc1ccc(CC(C)(C)C(F)(F)F)s1.Cc1ccc(CC(C)(C)C)s1.Cc1ccc2c(c1)C=CC2.Cc1cnc(C)s1.Cc1ncc(CC(C)(C)C(F)(F)F)s1.Cc1ncc(CC(C)(C)C)s1. The molecule has 1 aliphatic carbocycles. The van der Waals surface area contributed by atoms with Gasteiger partial charge in [-0.1, -0.05) is 144 Å². The van der Waals surface area contributed by atoms with Crippen LogP contribution in [0, 0.1) is 96.3 Å². The minimum Gasteiger partial charge on any atom is -0.250 e. The Kier molecular flexibility index (Phi) is 30.7. The highest BCUT2D eigenvalue weighted by atomic mass is 32.1. The minimum absolute atomic E-state index is 0.00199. The molecule has 0 saturated heterocycles. The van der Waals surface area contributed by atoms with Crippen LogP contribution in [0.15, 0.2) is 104 Å². The lowest BCUT2D eigenvalue weighted by Crippen LogP contribution is -2.33. The topological polar surface area (TPSA) is 38.7 Å². The molecule has 9 aromatic rings. The molecule has 490 valence electrons. The molecular formula is C73H99F6N3S7. The summed E-state index contributed by atoms with van der Waals surface area (Å²) in [7, 11) is 0. The van der Waals surface area contributed by atoms with E-state index in [1.54, 1.807) is 35.7 Å². The summed E-state index contributed by atoms with van der Waals surface area (Å²) < 4.78 is 76.5. The number of aromatic nitrogens is 3. The Hall–Kier alpha value is -4.29. The Morgan fingerprint density at radius 1 is 0.393 bits per heavy atom. The van der Waals surface area contributed by atoms with Crippen LogP contribution in [0.25, 0.3) is 16.2 Å². The van der Waals surface area contributed by atoms with Gasteiger partial charge in [0.15, 0.2) is 0 Å². The number of halogens is 6. The smallest absolute Gasteiger partial charge is 0.250 e. The van der Waals surface area contributed by atoms with Crippen LogP contribution in [0.5, 0.6) is 0 Å². The van der Waals surface area contributed by atoms with Crippen molar-refractivity contribution in [3.05, 3.63) is 190 Å². The second-order valence-corrected chi connectivity index (χ2v) is 37.1. The predicted octanol–water partition coefficient (Wildman–Crippen LogP) is 25.9. The lowest BCUT2D eigenvalue weighted by molar-refractivity contribution is -0.211. The number of hydrogen-bond donors (Lipinski definition) is 0. The van der Waals surface area contributed by atoms with E-state index in [0.717, 1.165) is 32.6 Å². The normalized spacial score (nSPS) is 12.2. The number of benzene rings is 2. The molecule has 3 nitrogen and oxygen atoms in total. The van der Waals surface area contributed by atoms with E-state index in [0.29, 0.717) is 21.1 Å². The number of allylic oxidation sites excluding steroid dienone is 1. The molecule has 0 N–H and O–H groups in total. The van der Waals surface area contributed by atoms with Crippen molar-refractivity contribution >= 4 is 95.5 Å². The van der Waals surface area contributed by atoms with Crippen LogP contribution in [0.4, 0.5) is 26.3 Å². The summed E-state index contributed by atoms with van der Waals surface area (Å²) in [5, 5.41) is 4.49. The van der Waals surface area contributed by atoms with Crippen molar-refractivity contribution in [3.8, 4) is 0 Å². The van der Waals surface area contributed by atoms with E-state index in [1.807, 2.05) is 66.3 Å². The number of thiophene rings is 4. The molecule has 7 aromatic heterocycles. The molecule has 0 spiro atoms. The Morgan fingerprint density at radius 3 is 1.24 bits per heavy atom. The van der Waals surface area contributed by atoms with Crippen molar-refractivity contribution in [1.82, 2.24) is 15.0 Å². The van der Waals surface area contributed by atoms with Crippen LogP contribution >= 0.6 is 79.4 Å². The number of thiazole rings is 3. The Morgan fingerprint density at radius 2 is 0.843 bits per heavy atom. The van der Waals surface area contributed by atoms with Gasteiger partial charge in [-0.05, 0) is 189 Å². The van der Waals surface area contributed by atoms with Crippen molar-refractivity contribution in [2.75, 3.05) is 0 Å². The maximum Gasteiger partial charge on any atom is 0.394 e. The predicted molar refractivity (Wildman–Crippen MR) is 384 cm³/mol. The van der Waals surface area contributed by atoms with Gasteiger partial charge in [-0.25, -0.2) is 15.0 Å². The number of nitrogens with zero attached hydrogens (tertiary/aromatic N) is 3. The summed E-state index contributed by atoms with van der Waals surface area (Å²) in [4.78, 5) is 24.7. The second kappa shape index (κ2) is 34.6. The highest BCUT2D eigenvalue weighted by Crippen LogP contribution is 2.42. The van der Waals surface area contributed by atoms with Gasteiger partial charge in [0.1, 0.15) is 0 Å². The second-order valence-electron chi connectivity index (χ2n) is 27.7. The molecule has 0 fully saturated rings. The fraction of sp³-hybridized carbons (Fsp3) is 0.493. The fourth-order valence-corrected chi connectivity index (χ4v) is 15.8. The first-order valence-corrected chi connectivity index (χ1v) is 35.7. The summed E-state index contributed by atoms with van der Waals surface area (Å²) >= 11 is 12.0. The van der Waals surface area contributed by atoms with Gasteiger partial charge < -0.3 is 0 Å². The van der Waals surface area contributed by atoms with Crippen LogP contribution < -0.4 is 0 Å². The Bertz CT molecular complexity index is 3340. The first-order valence-electron chi connectivity index (χ1n) is 30.0. The fourth-order valence-electron chi connectivity index (χ4n) is 8.46. The maximum atomic E-state index is 12.5. The first-order chi connectivity index (χ1) is 40.8.